The zero-order valence-electron chi connectivity index (χ0n) is 6.16. The molecule has 0 N–H and O–H groups in total. The summed E-state index contributed by atoms with van der Waals surface area (Å²) >= 11 is 5.42. The summed E-state index contributed by atoms with van der Waals surface area (Å²) in [7, 11) is 0. The fourth-order valence-electron chi connectivity index (χ4n) is 0.715. The average Bonchev–Trinajstić information content (AvgIpc) is 2.07. The Bertz CT molecular complexity index is 191. The summed E-state index contributed by atoms with van der Waals surface area (Å²) < 4.78 is 5.17. The van der Waals surface area contributed by atoms with Gasteiger partial charge in [-0.05, 0) is 12.1 Å². The van der Waals surface area contributed by atoms with E-state index in [1.807, 2.05) is 18.2 Å². The SMILES string of the molecule is ClCCOCc1ccccn1. The Kier molecular flexibility index (Phi) is 3.94. The van der Waals surface area contributed by atoms with E-state index in [2.05, 4.69) is 4.98 Å². The van der Waals surface area contributed by atoms with Gasteiger partial charge < -0.3 is 4.74 Å². The van der Waals surface area contributed by atoms with Gasteiger partial charge in [-0.3, -0.25) is 4.98 Å². The standard InChI is InChI=1S/C8H10ClNO/c9-4-6-11-7-8-3-1-2-5-10-8/h1-3,5H,4,6-7H2. The van der Waals surface area contributed by atoms with E-state index in [1.54, 1.807) is 6.20 Å². The second kappa shape index (κ2) is 5.10. The van der Waals surface area contributed by atoms with Crippen molar-refractivity contribution in [3.05, 3.63) is 30.1 Å². The molecular formula is C8H10ClNO. The van der Waals surface area contributed by atoms with E-state index < -0.39 is 0 Å². The molecule has 0 spiro atoms. The zero-order chi connectivity index (χ0) is 7.94. The van der Waals surface area contributed by atoms with Crippen molar-refractivity contribution in [1.82, 2.24) is 4.98 Å². The van der Waals surface area contributed by atoms with E-state index in [4.69, 9.17) is 16.3 Å². The molecule has 0 unspecified atom stereocenters. The Balaban J connectivity index is 2.28. The predicted molar refractivity (Wildman–Crippen MR) is 44.6 cm³/mol. The van der Waals surface area contributed by atoms with Crippen LogP contribution in [0.2, 0.25) is 0 Å². The molecule has 11 heavy (non-hydrogen) atoms. The van der Waals surface area contributed by atoms with Gasteiger partial charge in [-0.1, -0.05) is 6.07 Å². The summed E-state index contributed by atoms with van der Waals surface area (Å²) in [6.45, 7) is 1.13. The molecule has 0 aromatic carbocycles. The lowest BCUT2D eigenvalue weighted by atomic mass is 10.4. The van der Waals surface area contributed by atoms with Crippen molar-refractivity contribution in [2.24, 2.45) is 0 Å². The van der Waals surface area contributed by atoms with Crippen molar-refractivity contribution in [2.75, 3.05) is 12.5 Å². The lowest BCUT2D eigenvalue weighted by Crippen LogP contribution is -1.97. The summed E-state index contributed by atoms with van der Waals surface area (Å²) in [4.78, 5) is 4.08. The molecule has 1 aromatic heterocycles. The lowest BCUT2D eigenvalue weighted by molar-refractivity contribution is 0.133. The second-order valence-corrected chi connectivity index (χ2v) is 2.44. The van der Waals surface area contributed by atoms with Gasteiger partial charge in [0.25, 0.3) is 0 Å². The molecule has 0 bridgehead atoms. The third-order valence-electron chi connectivity index (χ3n) is 1.20. The number of ether oxygens (including phenoxy) is 1. The number of nitrogens with zero attached hydrogens (tertiary/aromatic N) is 1. The minimum Gasteiger partial charge on any atom is -0.374 e. The van der Waals surface area contributed by atoms with E-state index >= 15 is 0 Å². The Morgan fingerprint density at radius 2 is 2.36 bits per heavy atom. The van der Waals surface area contributed by atoms with Crippen molar-refractivity contribution in [3.8, 4) is 0 Å². The summed E-state index contributed by atoms with van der Waals surface area (Å²) in [5.41, 5.74) is 0.942. The van der Waals surface area contributed by atoms with Gasteiger partial charge in [0, 0.05) is 12.1 Å². The molecule has 1 rings (SSSR count). The Morgan fingerprint density at radius 3 is 3.00 bits per heavy atom. The zero-order valence-corrected chi connectivity index (χ0v) is 6.92. The van der Waals surface area contributed by atoms with E-state index in [-0.39, 0.29) is 0 Å². The Labute approximate surface area is 71.2 Å². The van der Waals surface area contributed by atoms with Crippen LogP contribution in [0.3, 0.4) is 0 Å². The highest BCUT2D eigenvalue weighted by molar-refractivity contribution is 6.17. The Morgan fingerprint density at radius 1 is 1.45 bits per heavy atom. The van der Waals surface area contributed by atoms with E-state index in [0.717, 1.165) is 5.69 Å². The molecule has 0 aliphatic rings. The summed E-state index contributed by atoms with van der Waals surface area (Å²) in [5.74, 6) is 0.535. The van der Waals surface area contributed by atoms with Crippen LogP contribution in [0.1, 0.15) is 5.69 Å². The van der Waals surface area contributed by atoms with Crippen LogP contribution in [0.15, 0.2) is 24.4 Å². The first-order valence-corrected chi connectivity index (χ1v) is 4.00. The monoisotopic (exact) mass is 171 g/mol. The van der Waals surface area contributed by atoms with Crippen molar-refractivity contribution >= 4 is 11.6 Å². The highest BCUT2D eigenvalue weighted by atomic mass is 35.5. The van der Waals surface area contributed by atoms with Gasteiger partial charge in [0.1, 0.15) is 0 Å². The molecule has 0 aliphatic carbocycles. The molecule has 2 nitrogen and oxygen atoms in total. The van der Waals surface area contributed by atoms with Gasteiger partial charge in [0.2, 0.25) is 0 Å². The highest BCUT2D eigenvalue weighted by Gasteiger charge is 1.90. The van der Waals surface area contributed by atoms with E-state index in [9.17, 15) is 0 Å². The Hall–Kier alpha value is -0.600. The minimum atomic E-state index is 0.535. The summed E-state index contributed by atoms with van der Waals surface area (Å²) in [6.07, 6.45) is 1.75. The third-order valence-corrected chi connectivity index (χ3v) is 1.35. The molecule has 0 saturated carbocycles. The molecule has 0 saturated heterocycles. The summed E-state index contributed by atoms with van der Waals surface area (Å²) in [5, 5.41) is 0. The molecular weight excluding hydrogens is 162 g/mol. The predicted octanol–water partition coefficient (Wildman–Crippen LogP) is 1.84. The van der Waals surface area contributed by atoms with Gasteiger partial charge >= 0.3 is 0 Å². The van der Waals surface area contributed by atoms with Crippen LogP contribution >= 0.6 is 11.6 Å². The van der Waals surface area contributed by atoms with Crippen molar-refractivity contribution in [2.45, 2.75) is 6.61 Å². The van der Waals surface area contributed by atoms with Crippen molar-refractivity contribution < 1.29 is 4.74 Å². The molecule has 0 aliphatic heterocycles. The lowest BCUT2D eigenvalue weighted by Gasteiger charge is -1.99. The number of halogens is 1. The van der Waals surface area contributed by atoms with Crippen LogP contribution in [-0.2, 0) is 11.3 Å². The fraction of sp³-hybridized carbons (Fsp3) is 0.375. The van der Waals surface area contributed by atoms with Crippen LogP contribution in [0, 0.1) is 0 Å². The quantitative estimate of drug-likeness (QED) is 0.510. The van der Waals surface area contributed by atoms with Gasteiger partial charge in [0.05, 0.1) is 18.9 Å². The first-order valence-electron chi connectivity index (χ1n) is 3.47. The summed E-state index contributed by atoms with van der Waals surface area (Å²) in [6, 6.07) is 5.74. The number of hydrogen-bond donors (Lipinski definition) is 0. The van der Waals surface area contributed by atoms with Crippen LogP contribution in [-0.4, -0.2) is 17.5 Å². The van der Waals surface area contributed by atoms with Crippen LogP contribution in [0.25, 0.3) is 0 Å². The second-order valence-electron chi connectivity index (χ2n) is 2.06. The number of aromatic nitrogens is 1. The topological polar surface area (TPSA) is 22.1 Å². The number of hydrogen-bond acceptors (Lipinski definition) is 2. The normalized spacial score (nSPS) is 9.91. The first kappa shape index (κ1) is 8.50. The molecule has 3 heteroatoms. The smallest absolute Gasteiger partial charge is 0.0888 e. The molecule has 1 heterocycles. The van der Waals surface area contributed by atoms with Gasteiger partial charge in [-0.15, -0.1) is 11.6 Å². The molecule has 1 aromatic rings. The molecule has 0 atom stereocenters. The molecule has 0 radical (unpaired) electrons. The van der Waals surface area contributed by atoms with Gasteiger partial charge in [0.15, 0.2) is 0 Å². The van der Waals surface area contributed by atoms with Crippen LogP contribution in [0.4, 0.5) is 0 Å². The molecule has 0 fully saturated rings. The highest BCUT2D eigenvalue weighted by Crippen LogP contribution is 1.95. The minimum absolute atomic E-state index is 0.535. The molecule has 0 amide bonds. The van der Waals surface area contributed by atoms with E-state index in [1.165, 1.54) is 0 Å². The maximum absolute atomic E-state index is 5.42. The van der Waals surface area contributed by atoms with Crippen LogP contribution in [0.5, 0.6) is 0 Å². The number of pyridine rings is 1. The van der Waals surface area contributed by atoms with Crippen LogP contribution < -0.4 is 0 Å². The van der Waals surface area contributed by atoms with E-state index in [0.29, 0.717) is 19.1 Å². The van der Waals surface area contributed by atoms with Crippen molar-refractivity contribution in [3.63, 3.8) is 0 Å². The first-order chi connectivity index (χ1) is 5.43. The maximum Gasteiger partial charge on any atom is 0.0888 e. The third kappa shape index (κ3) is 3.35. The van der Waals surface area contributed by atoms with Gasteiger partial charge in [-0.2, -0.15) is 0 Å². The average molecular weight is 172 g/mol. The molecule has 60 valence electrons. The van der Waals surface area contributed by atoms with Crippen molar-refractivity contribution in [1.29, 1.82) is 0 Å². The maximum atomic E-state index is 5.42. The number of alkyl halides is 1. The fourth-order valence-corrected chi connectivity index (χ4v) is 0.824. The largest absolute Gasteiger partial charge is 0.374 e. The number of rotatable bonds is 4. The van der Waals surface area contributed by atoms with Gasteiger partial charge in [-0.25, -0.2) is 0 Å².